The van der Waals surface area contributed by atoms with Crippen molar-refractivity contribution >= 4 is 11.9 Å². The third kappa shape index (κ3) is 2.42. The van der Waals surface area contributed by atoms with Gasteiger partial charge in [-0.15, -0.1) is 0 Å². The average Bonchev–Trinajstić information content (AvgIpc) is 3.09. The number of carbonyl (C=O) groups is 2. The summed E-state index contributed by atoms with van der Waals surface area (Å²) in [5.41, 5.74) is 1.79. The van der Waals surface area contributed by atoms with Crippen molar-refractivity contribution in [3.8, 4) is 0 Å². The molecule has 3 heterocycles. The van der Waals surface area contributed by atoms with E-state index in [1.165, 1.54) is 0 Å². The molecule has 1 aromatic rings. The molecule has 114 valence electrons. The van der Waals surface area contributed by atoms with Gasteiger partial charge in [-0.1, -0.05) is 0 Å². The third-order valence-electron chi connectivity index (χ3n) is 4.43. The van der Waals surface area contributed by atoms with Crippen LogP contribution in [-0.2, 0) is 27.9 Å². The van der Waals surface area contributed by atoms with E-state index in [-0.39, 0.29) is 18.1 Å². The minimum atomic E-state index is -0.945. The second-order valence-electron chi connectivity index (χ2n) is 5.81. The molecular weight excluding hydrogens is 274 g/mol. The van der Waals surface area contributed by atoms with Gasteiger partial charge in [0.25, 0.3) is 0 Å². The molecule has 2 fully saturated rings. The number of aryl methyl sites for hydroxylation is 2. The van der Waals surface area contributed by atoms with E-state index < -0.39 is 17.8 Å². The minimum absolute atomic E-state index is 0.238. The highest BCUT2D eigenvalue weighted by Gasteiger charge is 2.55. The van der Waals surface area contributed by atoms with Gasteiger partial charge in [0.1, 0.15) is 0 Å². The molecule has 2 bridgehead atoms. The maximum Gasteiger partial charge on any atom is 0.310 e. The number of fused-ring (bicyclic) bond motifs is 2. The normalized spacial score (nSPS) is 30.6. The predicted octanol–water partition coefficient (Wildman–Crippen LogP) is 0.223. The largest absolute Gasteiger partial charge is 0.481 e. The van der Waals surface area contributed by atoms with Crippen LogP contribution >= 0.6 is 0 Å². The van der Waals surface area contributed by atoms with Gasteiger partial charge < -0.3 is 15.2 Å². The number of hydrogen-bond donors (Lipinski definition) is 2. The minimum Gasteiger partial charge on any atom is -0.481 e. The van der Waals surface area contributed by atoms with Gasteiger partial charge in [-0.3, -0.25) is 14.3 Å². The van der Waals surface area contributed by atoms with Crippen LogP contribution in [0.5, 0.6) is 0 Å². The van der Waals surface area contributed by atoms with Crippen LogP contribution in [0.25, 0.3) is 0 Å². The van der Waals surface area contributed by atoms with Crippen LogP contribution in [0.15, 0.2) is 6.20 Å². The summed E-state index contributed by atoms with van der Waals surface area (Å²) in [5, 5.41) is 16.4. The van der Waals surface area contributed by atoms with E-state index in [2.05, 4.69) is 10.4 Å². The quantitative estimate of drug-likeness (QED) is 0.828. The maximum absolute atomic E-state index is 12.4. The van der Waals surface area contributed by atoms with Gasteiger partial charge in [-0.2, -0.15) is 5.10 Å². The number of amides is 1. The van der Waals surface area contributed by atoms with E-state index in [1.807, 2.05) is 20.2 Å². The predicted molar refractivity (Wildman–Crippen MR) is 72.3 cm³/mol. The Hall–Kier alpha value is -1.89. The number of carboxylic acid groups (broad SMARTS) is 1. The molecule has 0 aromatic carbocycles. The highest BCUT2D eigenvalue weighted by Crippen LogP contribution is 2.43. The standard InChI is InChI=1S/C14H19N3O4/c1-7-8(6-17(2)16-7)5-15-13(18)11-9-3-4-10(21-9)12(11)14(19)20/h6,9-12H,3-5H2,1-2H3,(H,15,18)(H,19,20)/t9-,10+,11-,12-/m0/s1. The highest BCUT2D eigenvalue weighted by molar-refractivity contribution is 5.86. The first-order valence-corrected chi connectivity index (χ1v) is 7.12. The molecule has 0 radical (unpaired) electrons. The molecule has 0 saturated carbocycles. The summed E-state index contributed by atoms with van der Waals surface area (Å²) in [7, 11) is 1.82. The van der Waals surface area contributed by atoms with Crippen LogP contribution in [0.3, 0.4) is 0 Å². The maximum atomic E-state index is 12.4. The number of aliphatic carboxylic acids is 1. The Morgan fingerprint density at radius 3 is 2.67 bits per heavy atom. The molecule has 2 aliphatic rings. The summed E-state index contributed by atoms with van der Waals surface area (Å²) in [6.45, 7) is 2.24. The van der Waals surface area contributed by atoms with E-state index in [1.54, 1.807) is 4.68 Å². The average molecular weight is 293 g/mol. The number of aromatic nitrogens is 2. The van der Waals surface area contributed by atoms with Crippen LogP contribution in [0, 0.1) is 18.8 Å². The zero-order valence-electron chi connectivity index (χ0n) is 12.1. The molecular formula is C14H19N3O4. The van der Waals surface area contributed by atoms with Crippen molar-refractivity contribution in [2.75, 3.05) is 0 Å². The number of nitrogens with one attached hydrogen (secondary N) is 1. The van der Waals surface area contributed by atoms with Gasteiger partial charge in [-0.05, 0) is 19.8 Å². The Kier molecular flexibility index (Phi) is 3.44. The molecule has 2 aliphatic heterocycles. The summed E-state index contributed by atoms with van der Waals surface area (Å²) >= 11 is 0. The van der Waals surface area contributed by atoms with Gasteiger partial charge in [0.05, 0.1) is 29.7 Å². The van der Waals surface area contributed by atoms with Crippen molar-refractivity contribution < 1.29 is 19.4 Å². The molecule has 0 aliphatic carbocycles. The molecule has 1 aromatic heterocycles. The highest BCUT2D eigenvalue weighted by atomic mass is 16.5. The zero-order chi connectivity index (χ0) is 15.1. The summed E-state index contributed by atoms with van der Waals surface area (Å²) in [6, 6.07) is 0. The molecule has 0 unspecified atom stereocenters. The Bertz CT molecular complexity index is 583. The first-order valence-electron chi connectivity index (χ1n) is 7.12. The first kappa shape index (κ1) is 14.1. The van der Waals surface area contributed by atoms with Crippen LogP contribution in [0.2, 0.25) is 0 Å². The van der Waals surface area contributed by atoms with Crippen LogP contribution in [-0.4, -0.2) is 39.0 Å². The molecule has 2 N–H and O–H groups in total. The van der Waals surface area contributed by atoms with Crippen molar-refractivity contribution in [1.82, 2.24) is 15.1 Å². The number of ether oxygens (including phenoxy) is 1. The van der Waals surface area contributed by atoms with Gasteiger partial charge in [-0.25, -0.2) is 0 Å². The molecule has 1 amide bonds. The van der Waals surface area contributed by atoms with E-state index in [4.69, 9.17) is 4.74 Å². The second-order valence-corrected chi connectivity index (χ2v) is 5.81. The smallest absolute Gasteiger partial charge is 0.310 e. The van der Waals surface area contributed by atoms with Gasteiger partial charge >= 0.3 is 5.97 Å². The summed E-state index contributed by atoms with van der Waals surface area (Å²) in [6.07, 6.45) is 2.77. The lowest BCUT2D eigenvalue weighted by atomic mass is 9.78. The number of carboxylic acids is 1. The van der Waals surface area contributed by atoms with Crippen molar-refractivity contribution in [2.45, 2.75) is 38.5 Å². The molecule has 3 rings (SSSR count). The molecule has 21 heavy (non-hydrogen) atoms. The molecule has 7 heteroatoms. The lowest BCUT2D eigenvalue weighted by molar-refractivity contribution is -0.147. The summed E-state index contributed by atoms with van der Waals surface area (Å²) in [5.74, 6) is -2.49. The topological polar surface area (TPSA) is 93.5 Å². The van der Waals surface area contributed by atoms with Crippen molar-refractivity contribution in [1.29, 1.82) is 0 Å². The van der Waals surface area contributed by atoms with Crippen molar-refractivity contribution in [3.63, 3.8) is 0 Å². The van der Waals surface area contributed by atoms with E-state index >= 15 is 0 Å². The summed E-state index contributed by atoms with van der Waals surface area (Å²) in [4.78, 5) is 23.7. The van der Waals surface area contributed by atoms with Crippen LogP contribution in [0.1, 0.15) is 24.1 Å². The Morgan fingerprint density at radius 1 is 1.43 bits per heavy atom. The fourth-order valence-corrected chi connectivity index (χ4v) is 3.45. The number of hydrogen-bond acceptors (Lipinski definition) is 4. The molecule has 2 saturated heterocycles. The van der Waals surface area contributed by atoms with Crippen LogP contribution in [0.4, 0.5) is 0 Å². The van der Waals surface area contributed by atoms with E-state index in [0.717, 1.165) is 24.1 Å². The van der Waals surface area contributed by atoms with E-state index in [0.29, 0.717) is 6.54 Å². The molecule has 7 nitrogen and oxygen atoms in total. The Morgan fingerprint density at radius 2 is 2.10 bits per heavy atom. The number of carbonyl (C=O) groups excluding carboxylic acids is 1. The van der Waals surface area contributed by atoms with Crippen LogP contribution < -0.4 is 5.32 Å². The SMILES string of the molecule is Cc1nn(C)cc1CNC(=O)[C@@H]1[C@@H](C(=O)O)[C@H]2CC[C@@H]1O2. The zero-order valence-corrected chi connectivity index (χ0v) is 12.1. The number of rotatable bonds is 4. The lowest BCUT2D eigenvalue weighted by Gasteiger charge is -2.23. The lowest BCUT2D eigenvalue weighted by Crippen LogP contribution is -2.43. The third-order valence-corrected chi connectivity index (χ3v) is 4.43. The Labute approximate surface area is 122 Å². The summed E-state index contributed by atoms with van der Waals surface area (Å²) < 4.78 is 7.29. The molecule has 4 atom stereocenters. The second kappa shape index (κ2) is 5.14. The monoisotopic (exact) mass is 293 g/mol. The van der Waals surface area contributed by atoms with Crippen molar-refractivity contribution in [2.24, 2.45) is 18.9 Å². The fraction of sp³-hybridized carbons (Fsp3) is 0.643. The van der Waals surface area contributed by atoms with Gasteiger partial charge in [0.15, 0.2) is 0 Å². The van der Waals surface area contributed by atoms with E-state index in [9.17, 15) is 14.7 Å². The van der Waals surface area contributed by atoms with Gasteiger partial charge in [0, 0.05) is 25.4 Å². The van der Waals surface area contributed by atoms with Crippen molar-refractivity contribution in [3.05, 3.63) is 17.5 Å². The molecule has 0 spiro atoms. The first-order chi connectivity index (χ1) is 9.97. The Balaban J connectivity index is 1.67. The number of nitrogens with zero attached hydrogens (tertiary/aromatic N) is 2. The van der Waals surface area contributed by atoms with Gasteiger partial charge in [0.2, 0.25) is 5.91 Å². The fourth-order valence-electron chi connectivity index (χ4n) is 3.45.